The molecule has 3 heteroatoms. The van der Waals surface area contributed by atoms with Crippen molar-refractivity contribution >= 4 is 5.69 Å². The Hall–Kier alpha value is -2.00. The van der Waals surface area contributed by atoms with Crippen molar-refractivity contribution in [2.45, 2.75) is 26.1 Å². The highest BCUT2D eigenvalue weighted by Gasteiger charge is 2.19. The van der Waals surface area contributed by atoms with E-state index in [0.29, 0.717) is 6.04 Å². The molecule has 1 atom stereocenters. The molecule has 0 saturated carbocycles. The van der Waals surface area contributed by atoms with Crippen molar-refractivity contribution in [1.82, 2.24) is 5.32 Å². The van der Waals surface area contributed by atoms with Crippen LogP contribution in [0.3, 0.4) is 0 Å². The number of fused-ring (bicyclic) bond motifs is 1. The number of anilines is 1. The number of nitrogens with one attached hydrogen (secondary N) is 1. The summed E-state index contributed by atoms with van der Waals surface area (Å²) in [6.07, 6.45) is 0. The van der Waals surface area contributed by atoms with E-state index in [1.807, 2.05) is 6.07 Å². The summed E-state index contributed by atoms with van der Waals surface area (Å²) in [5.74, 6) is 0.918. The van der Waals surface area contributed by atoms with E-state index >= 15 is 0 Å². The van der Waals surface area contributed by atoms with Crippen LogP contribution in [0.2, 0.25) is 0 Å². The molecule has 0 spiro atoms. The smallest absolute Gasteiger partial charge is 0.120 e. The van der Waals surface area contributed by atoms with E-state index in [-0.39, 0.29) is 0 Å². The second-order valence-corrected chi connectivity index (χ2v) is 5.64. The van der Waals surface area contributed by atoms with Gasteiger partial charge in [0.05, 0.1) is 7.11 Å². The molecule has 2 aromatic carbocycles. The van der Waals surface area contributed by atoms with Gasteiger partial charge in [-0.25, -0.2) is 0 Å². The van der Waals surface area contributed by atoms with Gasteiger partial charge in [-0.1, -0.05) is 36.4 Å². The number of ether oxygens (including phenoxy) is 1. The van der Waals surface area contributed by atoms with Gasteiger partial charge in [-0.05, 0) is 24.1 Å². The van der Waals surface area contributed by atoms with Crippen LogP contribution >= 0.6 is 0 Å². The summed E-state index contributed by atoms with van der Waals surface area (Å²) in [6, 6.07) is 17.4. The van der Waals surface area contributed by atoms with Crippen LogP contribution in [0.4, 0.5) is 5.69 Å². The number of rotatable bonds is 3. The molecule has 0 saturated heterocycles. The van der Waals surface area contributed by atoms with E-state index in [1.165, 1.54) is 16.8 Å². The van der Waals surface area contributed by atoms with Crippen LogP contribution in [0.25, 0.3) is 0 Å². The third-order valence-corrected chi connectivity index (χ3v) is 3.98. The monoisotopic (exact) mass is 282 g/mol. The number of hydrogen-bond donors (Lipinski definition) is 1. The van der Waals surface area contributed by atoms with Crippen molar-refractivity contribution < 1.29 is 4.74 Å². The molecule has 0 amide bonds. The molecule has 3 nitrogen and oxygen atoms in total. The fourth-order valence-corrected chi connectivity index (χ4v) is 2.85. The maximum atomic E-state index is 5.40. The zero-order chi connectivity index (χ0) is 14.7. The molecule has 0 bridgehead atoms. The molecule has 0 aromatic heterocycles. The number of nitrogens with zero attached hydrogens (tertiary/aromatic N) is 1. The van der Waals surface area contributed by atoms with Gasteiger partial charge in [0.25, 0.3) is 0 Å². The summed E-state index contributed by atoms with van der Waals surface area (Å²) >= 11 is 0. The first-order valence-electron chi connectivity index (χ1n) is 7.45. The van der Waals surface area contributed by atoms with E-state index in [2.05, 4.69) is 59.6 Å². The summed E-state index contributed by atoms with van der Waals surface area (Å²) in [4.78, 5) is 2.44. The van der Waals surface area contributed by atoms with Gasteiger partial charge in [0.1, 0.15) is 5.75 Å². The van der Waals surface area contributed by atoms with Gasteiger partial charge in [-0.3, -0.25) is 0 Å². The van der Waals surface area contributed by atoms with Crippen LogP contribution in [-0.4, -0.2) is 19.7 Å². The fraction of sp³-hybridized carbons (Fsp3) is 0.333. The molecule has 1 unspecified atom stereocenters. The zero-order valence-corrected chi connectivity index (χ0v) is 12.7. The largest absolute Gasteiger partial charge is 0.497 e. The van der Waals surface area contributed by atoms with Gasteiger partial charge in [-0.15, -0.1) is 0 Å². The normalized spacial score (nSPS) is 18.0. The predicted octanol–water partition coefficient (Wildman–Crippen LogP) is 3.19. The minimum absolute atomic E-state index is 0.465. The van der Waals surface area contributed by atoms with Crippen molar-refractivity contribution in [3.8, 4) is 5.75 Å². The molecule has 3 rings (SSSR count). The Kier molecular flexibility index (Phi) is 4.11. The highest BCUT2D eigenvalue weighted by molar-refractivity contribution is 5.58. The lowest BCUT2D eigenvalue weighted by Gasteiger charge is -2.27. The van der Waals surface area contributed by atoms with Crippen molar-refractivity contribution in [3.05, 3.63) is 59.7 Å². The molecule has 110 valence electrons. The molecule has 0 radical (unpaired) electrons. The van der Waals surface area contributed by atoms with Crippen LogP contribution < -0.4 is 15.0 Å². The SMILES string of the molecule is COc1ccc2c(c1)N(Cc1ccccc1)CC(C)NC2. The van der Waals surface area contributed by atoms with E-state index < -0.39 is 0 Å². The van der Waals surface area contributed by atoms with Crippen molar-refractivity contribution in [2.24, 2.45) is 0 Å². The molecule has 1 N–H and O–H groups in total. The average molecular weight is 282 g/mol. The molecule has 0 aliphatic carbocycles. The molecular formula is C18H22N2O. The molecule has 1 aliphatic rings. The third kappa shape index (κ3) is 3.19. The second-order valence-electron chi connectivity index (χ2n) is 5.64. The van der Waals surface area contributed by atoms with E-state index in [9.17, 15) is 0 Å². The molecule has 0 fully saturated rings. The Morgan fingerprint density at radius 2 is 2.00 bits per heavy atom. The van der Waals surface area contributed by atoms with Gasteiger partial charge in [0.2, 0.25) is 0 Å². The van der Waals surface area contributed by atoms with E-state index in [4.69, 9.17) is 4.74 Å². The lowest BCUT2D eigenvalue weighted by Crippen LogP contribution is -2.35. The predicted molar refractivity (Wildman–Crippen MR) is 86.8 cm³/mol. The highest BCUT2D eigenvalue weighted by atomic mass is 16.5. The zero-order valence-electron chi connectivity index (χ0n) is 12.7. The Bertz CT molecular complexity index is 597. The van der Waals surface area contributed by atoms with Crippen LogP contribution in [0.1, 0.15) is 18.1 Å². The first kappa shape index (κ1) is 14.0. The van der Waals surface area contributed by atoms with Crippen LogP contribution in [0.5, 0.6) is 5.75 Å². The molecule has 1 heterocycles. The second kappa shape index (κ2) is 6.19. The van der Waals surface area contributed by atoms with E-state index in [1.54, 1.807) is 7.11 Å². The van der Waals surface area contributed by atoms with Crippen LogP contribution in [-0.2, 0) is 13.1 Å². The van der Waals surface area contributed by atoms with Gasteiger partial charge in [-0.2, -0.15) is 0 Å². The molecular weight excluding hydrogens is 260 g/mol. The van der Waals surface area contributed by atoms with Crippen molar-refractivity contribution in [1.29, 1.82) is 0 Å². The van der Waals surface area contributed by atoms with Gasteiger partial charge in [0, 0.05) is 37.4 Å². The highest BCUT2D eigenvalue weighted by Crippen LogP contribution is 2.29. The first-order chi connectivity index (χ1) is 10.3. The van der Waals surface area contributed by atoms with Gasteiger partial charge < -0.3 is 15.0 Å². The summed E-state index contributed by atoms with van der Waals surface area (Å²) in [5, 5.41) is 3.57. The van der Waals surface area contributed by atoms with Gasteiger partial charge in [0.15, 0.2) is 0 Å². The fourth-order valence-electron chi connectivity index (χ4n) is 2.85. The Morgan fingerprint density at radius 3 is 2.76 bits per heavy atom. The minimum Gasteiger partial charge on any atom is -0.497 e. The summed E-state index contributed by atoms with van der Waals surface area (Å²) in [7, 11) is 1.72. The summed E-state index contributed by atoms with van der Waals surface area (Å²) < 4.78 is 5.40. The maximum absolute atomic E-state index is 5.40. The van der Waals surface area contributed by atoms with E-state index in [0.717, 1.165) is 25.4 Å². The minimum atomic E-state index is 0.465. The summed E-state index contributed by atoms with van der Waals surface area (Å²) in [5.41, 5.74) is 3.94. The lowest BCUT2D eigenvalue weighted by molar-refractivity contribution is 0.414. The lowest BCUT2D eigenvalue weighted by atomic mass is 10.1. The topological polar surface area (TPSA) is 24.5 Å². The molecule has 1 aliphatic heterocycles. The van der Waals surface area contributed by atoms with Crippen LogP contribution in [0, 0.1) is 0 Å². The number of methoxy groups -OCH3 is 1. The third-order valence-electron chi connectivity index (χ3n) is 3.98. The Morgan fingerprint density at radius 1 is 1.19 bits per heavy atom. The summed E-state index contributed by atoms with van der Waals surface area (Å²) in [6.45, 7) is 5.06. The first-order valence-corrected chi connectivity index (χ1v) is 7.45. The average Bonchev–Trinajstić information content (AvgIpc) is 2.67. The van der Waals surface area contributed by atoms with Crippen LogP contribution in [0.15, 0.2) is 48.5 Å². The van der Waals surface area contributed by atoms with Gasteiger partial charge >= 0.3 is 0 Å². The number of benzene rings is 2. The molecule has 2 aromatic rings. The van der Waals surface area contributed by atoms with Crippen molar-refractivity contribution in [2.75, 3.05) is 18.6 Å². The Labute approximate surface area is 126 Å². The maximum Gasteiger partial charge on any atom is 0.120 e. The number of hydrogen-bond acceptors (Lipinski definition) is 3. The quantitative estimate of drug-likeness (QED) is 0.935. The molecule has 21 heavy (non-hydrogen) atoms. The Balaban J connectivity index is 1.94. The van der Waals surface area contributed by atoms with Crippen molar-refractivity contribution in [3.63, 3.8) is 0 Å². The standard InChI is InChI=1S/C18H22N2O/c1-14-12-20(13-15-6-4-3-5-7-15)18-10-17(21-2)9-8-16(18)11-19-14/h3-10,14,19H,11-13H2,1-2H3.